The van der Waals surface area contributed by atoms with E-state index in [0.717, 1.165) is 13.0 Å². The molecule has 0 radical (unpaired) electrons. The summed E-state index contributed by atoms with van der Waals surface area (Å²) in [6, 6.07) is 6.74. The third-order valence-electron chi connectivity index (χ3n) is 4.44. The van der Waals surface area contributed by atoms with Gasteiger partial charge in [0.15, 0.2) is 0 Å². The maximum atomic E-state index is 12.3. The third-order valence-corrected chi connectivity index (χ3v) is 4.77. The van der Waals surface area contributed by atoms with Gasteiger partial charge in [0.2, 0.25) is 17.7 Å². The van der Waals surface area contributed by atoms with E-state index in [1.165, 1.54) is 0 Å². The van der Waals surface area contributed by atoms with Gasteiger partial charge in [-0.05, 0) is 18.6 Å². The molecule has 7 nitrogen and oxygen atoms in total. The zero-order valence-electron chi connectivity index (χ0n) is 13.8. The summed E-state index contributed by atoms with van der Waals surface area (Å²) in [5, 5.41) is 5.93. The van der Waals surface area contributed by atoms with Crippen molar-refractivity contribution in [2.45, 2.75) is 18.9 Å². The molecule has 3 amide bonds. The average molecular weight is 365 g/mol. The first-order valence-electron chi connectivity index (χ1n) is 8.38. The first kappa shape index (κ1) is 17.7. The van der Waals surface area contributed by atoms with Crippen LogP contribution in [0.4, 0.5) is 5.69 Å². The van der Waals surface area contributed by atoms with E-state index < -0.39 is 0 Å². The van der Waals surface area contributed by atoms with Crippen LogP contribution < -0.4 is 10.6 Å². The summed E-state index contributed by atoms with van der Waals surface area (Å²) in [4.78, 5) is 39.3. The van der Waals surface area contributed by atoms with Crippen LogP contribution in [0.25, 0.3) is 0 Å². The number of benzene rings is 1. The molecule has 0 bridgehead atoms. The number of nitrogens with zero attached hydrogens (tertiary/aromatic N) is 2. The second-order valence-corrected chi connectivity index (χ2v) is 6.71. The Bertz CT molecular complexity index is 674. The number of rotatable bonds is 4. The van der Waals surface area contributed by atoms with Crippen molar-refractivity contribution in [3.63, 3.8) is 0 Å². The molecule has 25 heavy (non-hydrogen) atoms. The predicted octanol–water partition coefficient (Wildman–Crippen LogP) is 0.701. The molecule has 1 unspecified atom stereocenters. The smallest absolute Gasteiger partial charge is 0.245 e. The summed E-state index contributed by atoms with van der Waals surface area (Å²) in [6.07, 6.45) is 1.07. The minimum Gasteiger partial charge on any atom is -0.344 e. The Morgan fingerprint density at radius 2 is 1.96 bits per heavy atom. The minimum absolute atomic E-state index is 0.0260. The molecule has 2 heterocycles. The third kappa shape index (κ3) is 4.49. The van der Waals surface area contributed by atoms with Gasteiger partial charge in [-0.1, -0.05) is 23.7 Å². The fourth-order valence-corrected chi connectivity index (χ4v) is 3.22. The Kier molecular flexibility index (Phi) is 5.55. The molecule has 2 fully saturated rings. The number of carbonyl (C=O) groups excluding carboxylic acids is 3. The van der Waals surface area contributed by atoms with Crippen LogP contribution in [0.1, 0.15) is 12.8 Å². The normalized spacial score (nSPS) is 21.1. The van der Waals surface area contributed by atoms with Gasteiger partial charge in [-0.2, -0.15) is 0 Å². The van der Waals surface area contributed by atoms with Crippen molar-refractivity contribution in [1.82, 2.24) is 15.1 Å². The molecule has 0 aliphatic carbocycles. The predicted molar refractivity (Wildman–Crippen MR) is 94.3 cm³/mol. The number of hydrogen-bond donors (Lipinski definition) is 2. The summed E-state index contributed by atoms with van der Waals surface area (Å²) >= 11 is 6.05. The van der Waals surface area contributed by atoms with Crippen LogP contribution in [0.15, 0.2) is 24.3 Å². The Labute approximate surface area is 151 Å². The largest absolute Gasteiger partial charge is 0.344 e. The highest BCUT2D eigenvalue weighted by molar-refractivity contribution is 6.33. The van der Waals surface area contributed by atoms with Gasteiger partial charge >= 0.3 is 0 Å². The number of halogens is 1. The topological polar surface area (TPSA) is 81.8 Å². The molecule has 2 saturated heterocycles. The van der Waals surface area contributed by atoms with E-state index in [4.69, 9.17) is 11.6 Å². The van der Waals surface area contributed by atoms with Gasteiger partial charge in [-0.15, -0.1) is 0 Å². The van der Waals surface area contributed by atoms with Crippen LogP contribution in [0.2, 0.25) is 5.02 Å². The number of carbonyl (C=O) groups is 3. The van der Waals surface area contributed by atoms with Gasteiger partial charge in [0, 0.05) is 26.2 Å². The summed E-state index contributed by atoms with van der Waals surface area (Å²) in [5.41, 5.74) is 0.599. The lowest BCUT2D eigenvalue weighted by Crippen LogP contribution is -2.58. The number of anilines is 1. The fourth-order valence-electron chi connectivity index (χ4n) is 3.03. The van der Waals surface area contributed by atoms with Gasteiger partial charge in [0.1, 0.15) is 6.04 Å². The molecule has 3 rings (SSSR count). The Morgan fingerprint density at radius 1 is 1.20 bits per heavy atom. The molecule has 0 saturated carbocycles. The highest BCUT2D eigenvalue weighted by Gasteiger charge is 2.35. The Balaban J connectivity index is 1.48. The van der Waals surface area contributed by atoms with Crippen LogP contribution in [0, 0.1) is 0 Å². The highest BCUT2D eigenvalue weighted by atomic mass is 35.5. The van der Waals surface area contributed by atoms with Gasteiger partial charge in [0.25, 0.3) is 0 Å². The van der Waals surface area contributed by atoms with Crippen molar-refractivity contribution in [2.24, 2.45) is 0 Å². The van der Waals surface area contributed by atoms with E-state index in [1.54, 1.807) is 17.0 Å². The molecule has 2 N–H and O–H groups in total. The molecule has 2 aliphatic heterocycles. The first-order valence-corrected chi connectivity index (χ1v) is 8.75. The van der Waals surface area contributed by atoms with Gasteiger partial charge in [-0.25, -0.2) is 0 Å². The van der Waals surface area contributed by atoms with Gasteiger partial charge in [0.05, 0.1) is 23.7 Å². The quantitative estimate of drug-likeness (QED) is 0.771. The van der Waals surface area contributed by atoms with E-state index in [2.05, 4.69) is 10.6 Å². The van der Waals surface area contributed by atoms with E-state index >= 15 is 0 Å². The van der Waals surface area contributed by atoms with Crippen molar-refractivity contribution < 1.29 is 14.4 Å². The second-order valence-electron chi connectivity index (χ2n) is 6.31. The van der Waals surface area contributed by atoms with Crippen molar-refractivity contribution in [2.75, 3.05) is 38.0 Å². The SMILES string of the molecule is O=C(CN1CCCN(C(=O)C2CC(=O)N2)CC1)Nc1ccccc1Cl. The standard InChI is InChI=1S/C17H21ClN4O3/c18-12-4-1-2-5-13(12)19-16(24)11-21-6-3-7-22(9-8-21)17(25)14-10-15(23)20-14/h1-2,4-5,14H,3,6-11H2,(H,19,24)(H,20,23). The highest BCUT2D eigenvalue weighted by Crippen LogP contribution is 2.20. The lowest BCUT2D eigenvalue weighted by Gasteiger charge is -2.31. The molecule has 134 valence electrons. The zero-order chi connectivity index (χ0) is 17.8. The maximum absolute atomic E-state index is 12.3. The summed E-state index contributed by atoms with van der Waals surface area (Å²) < 4.78 is 0. The molecular weight excluding hydrogens is 344 g/mol. The van der Waals surface area contributed by atoms with E-state index in [-0.39, 0.29) is 36.7 Å². The zero-order valence-corrected chi connectivity index (χ0v) is 14.6. The van der Waals surface area contributed by atoms with Crippen LogP contribution in [0.5, 0.6) is 0 Å². The van der Waals surface area contributed by atoms with Crippen molar-refractivity contribution in [3.8, 4) is 0 Å². The summed E-state index contributed by atoms with van der Waals surface area (Å²) in [7, 11) is 0. The van der Waals surface area contributed by atoms with Crippen molar-refractivity contribution >= 4 is 35.0 Å². The molecule has 1 aromatic carbocycles. The first-order chi connectivity index (χ1) is 12.0. The molecule has 8 heteroatoms. The van der Waals surface area contributed by atoms with Gasteiger partial charge < -0.3 is 15.5 Å². The number of amides is 3. The number of β-lactam (4-membered cyclic amide) rings is 1. The maximum Gasteiger partial charge on any atom is 0.245 e. The molecule has 1 atom stereocenters. The van der Waals surface area contributed by atoms with Crippen molar-refractivity contribution in [1.29, 1.82) is 0 Å². The number of nitrogens with one attached hydrogen (secondary N) is 2. The number of para-hydroxylation sites is 1. The average Bonchev–Trinajstić information content (AvgIpc) is 2.79. The lowest BCUT2D eigenvalue weighted by atomic mass is 10.1. The molecule has 1 aromatic rings. The summed E-state index contributed by atoms with van der Waals surface area (Å²) in [6.45, 7) is 2.84. The molecular formula is C17H21ClN4O3. The molecule has 0 spiro atoms. The van der Waals surface area contributed by atoms with E-state index in [1.807, 2.05) is 17.0 Å². The summed E-state index contributed by atoms with van der Waals surface area (Å²) in [5.74, 6) is -0.229. The fraction of sp³-hybridized carbons (Fsp3) is 0.471. The van der Waals surface area contributed by atoms with E-state index in [0.29, 0.717) is 30.3 Å². The number of hydrogen-bond acceptors (Lipinski definition) is 4. The molecule has 0 aromatic heterocycles. The van der Waals surface area contributed by atoms with E-state index in [9.17, 15) is 14.4 Å². The van der Waals surface area contributed by atoms with Crippen LogP contribution in [-0.2, 0) is 14.4 Å². The van der Waals surface area contributed by atoms with Gasteiger partial charge in [-0.3, -0.25) is 19.3 Å². The Hall–Kier alpha value is -2.12. The van der Waals surface area contributed by atoms with Crippen LogP contribution >= 0.6 is 11.6 Å². The minimum atomic E-state index is -0.373. The van der Waals surface area contributed by atoms with Crippen LogP contribution in [0.3, 0.4) is 0 Å². The van der Waals surface area contributed by atoms with Crippen LogP contribution in [-0.4, -0.2) is 66.3 Å². The second kappa shape index (κ2) is 7.84. The monoisotopic (exact) mass is 364 g/mol. The van der Waals surface area contributed by atoms with Crippen molar-refractivity contribution in [3.05, 3.63) is 29.3 Å². The Morgan fingerprint density at radius 3 is 2.68 bits per heavy atom. The lowest BCUT2D eigenvalue weighted by molar-refractivity contribution is -0.143. The molecule has 2 aliphatic rings.